The van der Waals surface area contributed by atoms with Crippen molar-refractivity contribution in [2.75, 3.05) is 5.32 Å². The van der Waals surface area contributed by atoms with E-state index < -0.39 is 0 Å². The summed E-state index contributed by atoms with van der Waals surface area (Å²) in [5.41, 5.74) is 1.66. The number of nitrogens with zero attached hydrogens (tertiary/aromatic N) is 4. The lowest BCUT2D eigenvalue weighted by Gasteiger charge is -2.15. The second-order valence-electron chi connectivity index (χ2n) is 5.79. The fourth-order valence-corrected chi connectivity index (χ4v) is 2.57. The van der Waals surface area contributed by atoms with E-state index in [9.17, 15) is 4.79 Å². The van der Waals surface area contributed by atoms with Gasteiger partial charge in [-0.3, -0.25) is 9.48 Å². The van der Waals surface area contributed by atoms with E-state index in [1.165, 1.54) is 0 Å². The second kappa shape index (κ2) is 6.52. The van der Waals surface area contributed by atoms with Crippen molar-refractivity contribution in [3.63, 3.8) is 0 Å². The third-order valence-corrected chi connectivity index (χ3v) is 4.11. The Morgan fingerprint density at radius 1 is 1.32 bits per heavy atom. The zero-order chi connectivity index (χ0) is 16.4. The fourth-order valence-electron chi connectivity index (χ4n) is 2.45. The van der Waals surface area contributed by atoms with Crippen LogP contribution in [0, 0.1) is 13.8 Å². The van der Waals surface area contributed by atoms with Crippen molar-refractivity contribution < 1.29 is 4.79 Å². The van der Waals surface area contributed by atoms with Gasteiger partial charge >= 0.3 is 0 Å². The topological polar surface area (TPSA) is 64.7 Å². The number of aromatic nitrogens is 4. The van der Waals surface area contributed by atoms with E-state index in [2.05, 4.69) is 15.5 Å². The van der Waals surface area contributed by atoms with Gasteiger partial charge in [0.15, 0.2) is 0 Å². The Kier molecular flexibility index (Phi) is 4.90. The first-order chi connectivity index (χ1) is 10.3. The smallest absolute Gasteiger partial charge is 0.227 e. The molecule has 1 amide bonds. The van der Waals surface area contributed by atoms with Gasteiger partial charge in [0.1, 0.15) is 5.82 Å². The van der Waals surface area contributed by atoms with E-state index in [4.69, 9.17) is 11.6 Å². The SMILES string of the molecule is Cc1nn([C@H](C)CC(=O)Nc2ccnn2C(C)C)c(C)c1Cl. The maximum atomic E-state index is 12.2. The van der Waals surface area contributed by atoms with E-state index in [0.29, 0.717) is 17.3 Å². The number of carbonyl (C=O) groups excluding carboxylic acids is 1. The molecule has 0 fully saturated rings. The van der Waals surface area contributed by atoms with E-state index >= 15 is 0 Å². The van der Waals surface area contributed by atoms with Crippen molar-refractivity contribution in [2.45, 2.75) is 53.1 Å². The molecule has 1 N–H and O–H groups in total. The maximum absolute atomic E-state index is 12.2. The summed E-state index contributed by atoms with van der Waals surface area (Å²) in [5.74, 6) is 0.636. The molecule has 0 saturated carbocycles. The molecule has 6 nitrogen and oxygen atoms in total. The number of rotatable bonds is 5. The van der Waals surface area contributed by atoms with Crippen LogP contribution in [-0.2, 0) is 4.79 Å². The number of hydrogen-bond donors (Lipinski definition) is 1. The number of aryl methyl sites for hydroxylation is 1. The largest absolute Gasteiger partial charge is 0.311 e. The summed E-state index contributed by atoms with van der Waals surface area (Å²) >= 11 is 6.15. The lowest BCUT2D eigenvalue weighted by atomic mass is 10.2. The number of halogens is 1. The van der Waals surface area contributed by atoms with Gasteiger partial charge in [0.05, 0.1) is 28.6 Å². The predicted molar refractivity (Wildman–Crippen MR) is 87.3 cm³/mol. The van der Waals surface area contributed by atoms with Crippen LogP contribution in [0.5, 0.6) is 0 Å². The Morgan fingerprint density at radius 2 is 2.00 bits per heavy atom. The molecule has 0 saturated heterocycles. The molecule has 0 radical (unpaired) electrons. The van der Waals surface area contributed by atoms with Gasteiger partial charge in [-0.25, -0.2) is 4.68 Å². The van der Waals surface area contributed by atoms with Crippen LogP contribution in [0.4, 0.5) is 5.82 Å². The Bertz CT molecular complexity index is 674. The normalized spacial score (nSPS) is 12.7. The minimum absolute atomic E-state index is 0.0679. The molecular weight excluding hydrogens is 302 g/mol. The molecule has 1 atom stereocenters. The molecule has 0 bridgehead atoms. The quantitative estimate of drug-likeness (QED) is 0.915. The Hall–Kier alpha value is -1.82. The number of nitrogens with one attached hydrogen (secondary N) is 1. The molecule has 2 rings (SSSR count). The van der Waals surface area contributed by atoms with E-state index in [-0.39, 0.29) is 18.0 Å². The zero-order valence-electron chi connectivity index (χ0n) is 13.6. The third kappa shape index (κ3) is 3.32. The van der Waals surface area contributed by atoms with Crippen LogP contribution in [0.15, 0.2) is 12.3 Å². The summed E-state index contributed by atoms with van der Waals surface area (Å²) in [7, 11) is 0. The van der Waals surface area contributed by atoms with Crippen molar-refractivity contribution in [3.05, 3.63) is 28.7 Å². The molecule has 0 aromatic carbocycles. The Labute approximate surface area is 135 Å². The van der Waals surface area contributed by atoms with Crippen molar-refractivity contribution in [3.8, 4) is 0 Å². The van der Waals surface area contributed by atoms with Crippen molar-refractivity contribution in [1.29, 1.82) is 0 Å². The van der Waals surface area contributed by atoms with Crippen LogP contribution < -0.4 is 5.32 Å². The average Bonchev–Trinajstić information content (AvgIpc) is 2.99. The summed E-state index contributed by atoms with van der Waals surface area (Å²) in [6, 6.07) is 1.92. The molecule has 0 aliphatic rings. The summed E-state index contributed by atoms with van der Waals surface area (Å²) in [6.07, 6.45) is 2.00. The van der Waals surface area contributed by atoms with Crippen LogP contribution in [-0.4, -0.2) is 25.5 Å². The molecule has 0 aliphatic carbocycles. The maximum Gasteiger partial charge on any atom is 0.227 e. The van der Waals surface area contributed by atoms with Gasteiger partial charge in [0.25, 0.3) is 0 Å². The van der Waals surface area contributed by atoms with Crippen molar-refractivity contribution in [1.82, 2.24) is 19.6 Å². The summed E-state index contributed by atoms with van der Waals surface area (Å²) in [4.78, 5) is 12.2. The molecule has 2 heterocycles. The highest BCUT2D eigenvalue weighted by Crippen LogP contribution is 2.24. The Morgan fingerprint density at radius 3 is 2.55 bits per heavy atom. The van der Waals surface area contributed by atoms with Crippen LogP contribution in [0.3, 0.4) is 0 Å². The lowest BCUT2D eigenvalue weighted by molar-refractivity contribution is -0.116. The van der Waals surface area contributed by atoms with Gasteiger partial charge in [0, 0.05) is 18.5 Å². The minimum Gasteiger partial charge on any atom is -0.311 e. The number of amides is 1. The van der Waals surface area contributed by atoms with Crippen LogP contribution >= 0.6 is 11.6 Å². The highest BCUT2D eigenvalue weighted by molar-refractivity contribution is 6.31. The molecule has 0 unspecified atom stereocenters. The first-order valence-corrected chi connectivity index (χ1v) is 7.73. The highest BCUT2D eigenvalue weighted by atomic mass is 35.5. The first kappa shape index (κ1) is 16.5. The molecular formula is C15H22ClN5O. The molecule has 2 aromatic rings. The average molecular weight is 324 g/mol. The minimum atomic E-state index is -0.0708. The van der Waals surface area contributed by atoms with Crippen LogP contribution in [0.2, 0.25) is 5.02 Å². The monoisotopic (exact) mass is 323 g/mol. The van der Waals surface area contributed by atoms with E-state index in [0.717, 1.165) is 11.4 Å². The lowest BCUT2D eigenvalue weighted by Crippen LogP contribution is -2.21. The van der Waals surface area contributed by atoms with Crippen molar-refractivity contribution >= 4 is 23.3 Å². The van der Waals surface area contributed by atoms with Gasteiger partial charge in [-0.05, 0) is 34.6 Å². The zero-order valence-corrected chi connectivity index (χ0v) is 14.3. The molecule has 120 valence electrons. The summed E-state index contributed by atoms with van der Waals surface area (Å²) in [5, 5.41) is 12.2. The third-order valence-electron chi connectivity index (χ3n) is 3.56. The van der Waals surface area contributed by atoms with Crippen molar-refractivity contribution in [2.24, 2.45) is 0 Å². The van der Waals surface area contributed by atoms with Crippen LogP contribution in [0.1, 0.15) is 50.7 Å². The van der Waals surface area contributed by atoms with E-state index in [1.807, 2.05) is 34.6 Å². The Balaban J connectivity index is 2.05. The van der Waals surface area contributed by atoms with Gasteiger partial charge in [-0.2, -0.15) is 10.2 Å². The highest BCUT2D eigenvalue weighted by Gasteiger charge is 2.18. The fraction of sp³-hybridized carbons (Fsp3) is 0.533. The second-order valence-corrected chi connectivity index (χ2v) is 6.16. The predicted octanol–water partition coefficient (Wildman–Crippen LogP) is 3.52. The molecule has 22 heavy (non-hydrogen) atoms. The molecule has 7 heteroatoms. The number of hydrogen-bond acceptors (Lipinski definition) is 3. The number of carbonyl (C=O) groups is 1. The van der Waals surface area contributed by atoms with Gasteiger partial charge in [-0.1, -0.05) is 11.6 Å². The molecule has 0 aliphatic heterocycles. The summed E-state index contributed by atoms with van der Waals surface area (Å²) < 4.78 is 3.58. The molecule has 0 spiro atoms. The standard InChI is InChI=1S/C15H22ClN5O/c1-9(2)20-13(6-7-17-20)18-14(22)8-10(3)21-12(5)15(16)11(4)19-21/h6-7,9-10H,8H2,1-5H3,(H,18,22)/t10-/m1/s1. The van der Waals surface area contributed by atoms with Gasteiger partial charge in [-0.15, -0.1) is 0 Å². The first-order valence-electron chi connectivity index (χ1n) is 7.35. The summed E-state index contributed by atoms with van der Waals surface area (Å²) in [6.45, 7) is 9.76. The van der Waals surface area contributed by atoms with Crippen LogP contribution in [0.25, 0.3) is 0 Å². The molecule has 2 aromatic heterocycles. The van der Waals surface area contributed by atoms with E-state index in [1.54, 1.807) is 21.6 Å². The van der Waals surface area contributed by atoms with Gasteiger partial charge < -0.3 is 5.32 Å². The van der Waals surface area contributed by atoms with Gasteiger partial charge in [0.2, 0.25) is 5.91 Å². The number of anilines is 1.